The standard InChI is InChI=1S/C13H24N2O3/c1-10(2)8-15(11-4-5-11)12(16)9-14(3)7-6-13(17)18/h10-11H,4-9H2,1-3H3,(H,17,18). The monoisotopic (exact) mass is 256 g/mol. The molecule has 18 heavy (non-hydrogen) atoms. The molecule has 104 valence electrons. The Morgan fingerprint density at radius 3 is 2.39 bits per heavy atom. The predicted octanol–water partition coefficient (Wildman–Crippen LogP) is 1.04. The smallest absolute Gasteiger partial charge is 0.304 e. The van der Waals surface area contributed by atoms with E-state index < -0.39 is 5.97 Å². The Morgan fingerprint density at radius 1 is 1.33 bits per heavy atom. The van der Waals surface area contributed by atoms with E-state index in [9.17, 15) is 9.59 Å². The van der Waals surface area contributed by atoms with Gasteiger partial charge in [-0.2, -0.15) is 0 Å². The maximum atomic E-state index is 12.2. The van der Waals surface area contributed by atoms with Crippen molar-refractivity contribution in [3.63, 3.8) is 0 Å². The average Bonchev–Trinajstić information content (AvgIpc) is 3.06. The molecule has 0 aliphatic heterocycles. The van der Waals surface area contributed by atoms with Gasteiger partial charge >= 0.3 is 5.97 Å². The SMILES string of the molecule is CC(C)CN(C(=O)CN(C)CCC(=O)O)C1CC1. The van der Waals surface area contributed by atoms with Gasteiger partial charge in [0.05, 0.1) is 13.0 Å². The first-order valence-corrected chi connectivity index (χ1v) is 6.60. The van der Waals surface area contributed by atoms with Gasteiger partial charge in [0.15, 0.2) is 0 Å². The van der Waals surface area contributed by atoms with Crippen LogP contribution in [0.5, 0.6) is 0 Å². The molecule has 0 heterocycles. The number of nitrogens with zero attached hydrogens (tertiary/aromatic N) is 2. The Kier molecular flexibility index (Phi) is 5.59. The van der Waals surface area contributed by atoms with Crippen LogP contribution in [0.4, 0.5) is 0 Å². The van der Waals surface area contributed by atoms with Crippen LogP contribution in [-0.2, 0) is 9.59 Å². The number of carbonyl (C=O) groups is 2. The van der Waals surface area contributed by atoms with Crippen LogP contribution in [-0.4, -0.2) is 59.5 Å². The molecule has 0 aromatic carbocycles. The highest BCUT2D eigenvalue weighted by Crippen LogP contribution is 2.27. The Bertz CT molecular complexity index is 301. The van der Waals surface area contributed by atoms with Gasteiger partial charge in [-0.3, -0.25) is 14.5 Å². The maximum absolute atomic E-state index is 12.2. The molecule has 1 amide bonds. The zero-order valence-corrected chi connectivity index (χ0v) is 11.6. The topological polar surface area (TPSA) is 60.9 Å². The van der Waals surface area contributed by atoms with E-state index >= 15 is 0 Å². The van der Waals surface area contributed by atoms with Gasteiger partial charge in [-0.05, 0) is 25.8 Å². The molecular weight excluding hydrogens is 232 g/mol. The van der Waals surface area contributed by atoms with E-state index in [1.54, 1.807) is 11.9 Å². The minimum atomic E-state index is -0.824. The van der Waals surface area contributed by atoms with Gasteiger partial charge in [0.2, 0.25) is 5.91 Å². The second-order valence-electron chi connectivity index (χ2n) is 5.55. The second-order valence-corrected chi connectivity index (χ2v) is 5.55. The van der Waals surface area contributed by atoms with E-state index in [2.05, 4.69) is 13.8 Å². The van der Waals surface area contributed by atoms with Crippen molar-refractivity contribution in [1.82, 2.24) is 9.80 Å². The molecule has 5 nitrogen and oxygen atoms in total. The molecule has 0 unspecified atom stereocenters. The molecule has 0 bridgehead atoms. The minimum Gasteiger partial charge on any atom is -0.481 e. The summed E-state index contributed by atoms with van der Waals surface area (Å²) < 4.78 is 0. The third-order valence-electron chi connectivity index (χ3n) is 2.98. The van der Waals surface area contributed by atoms with Gasteiger partial charge in [0.1, 0.15) is 0 Å². The Balaban J connectivity index is 2.38. The van der Waals surface area contributed by atoms with E-state index in [1.807, 2.05) is 4.90 Å². The zero-order valence-electron chi connectivity index (χ0n) is 11.6. The molecule has 1 N–H and O–H groups in total. The average molecular weight is 256 g/mol. The molecule has 1 saturated carbocycles. The molecule has 1 fully saturated rings. The van der Waals surface area contributed by atoms with Crippen molar-refractivity contribution in [3.05, 3.63) is 0 Å². The van der Waals surface area contributed by atoms with Crippen LogP contribution in [0.25, 0.3) is 0 Å². The van der Waals surface area contributed by atoms with Crippen LogP contribution in [0, 0.1) is 5.92 Å². The van der Waals surface area contributed by atoms with Crippen LogP contribution >= 0.6 is 0 Å². The minimum absolute atomic E-state index is 0.0807. The van der Waals surface area contributed by atoms with Crippen molar-refractivity contribution in [3.8, 4) is 0 Å². The summed E-state index contributed by atoms with van der Waals surface area (Å²) in [4.78, 5) is 26.4. The summed E-state index contributed by atoms with van der Waals surface area (Å²) in [5.41, 5.74) is 0. The molecule has 0 atom stereocenters. The summed E-state index contributed by atoms with van der Waals surface area (Å²) >= 11 is 0. The van der Waals surface area contributed by atoms with Crippen molar-refractivity contribution < 1.29 is 14.7 Å². The van der Waals surface area contributed by atoms with E-state index in [4.69, 9.17) is 5.11 Å². The first-order valence-electron chi connectivity index (χ1n) is 6.60. The third kappa shape index (κ3) is 5.49. The van der Waals surface area contributed by atoms with Crippen LogP contribution in [0.1, 0.15) is 33.1 Å². The summed E-state index contributed by atoms with van der Waals surface area (Å²) in [7, 11) is 1.79. The number of aliphatic carboxylic acids is 1. The zero-order chi connectivity index (χ0) is 13.7. The Morgan fingerprint density at radius 2 is 1.94 bits per heavy atom. The highest BCUT2D eigenvalue weighted by molar-refractivity contribution is 5.79. The molecule has 0 saturated heterocycles. The van der Waals surface area contributed by atoms with Gasteiger partial charge in [-0.25, -0.2) is 0 Å². The van der Waals surface area contributed by atoms with Crippen molar-refractivity contribution in [2.75, 3.05) is 26.7 Å². The lowest BCUT2D eigenvalue weighted by molar-refractivity contribution is -0.138. The molecular formula is C13H24N2O3. The van der Waals surface area contributed by atoms with Crippen LogP contribution in [0.3, 0.4) is 0 Å². The molecule has 0 radical (unpaired) electrons. The summed E-state index contributed by atoms with van der Waals surface area (Å²) in [6.07, 6.45) is 2.30. The third-order valence-corrected chi connectivity index (χ3v) is 2.98. The Hall–Kier alpha value is -1.10. The number of hydrogen-bond acceptors (Lipinski definition) is 3. The summed E-state index contributed by atoms with van der Waals surface area (Å²) in [6, 6.07) is 0.424. The fourth-order valence-corrected chi connectivity index (χ4v) is 1.92. The highest BCUT2D eigenvalue weighted by Gasteiger charge is 2.32. The molecule has 0 aromatic rings. The second kappa shape index (κ2) is 6.73. The van der Waals surface area contributed by atoms with E-state index in [0.29, 0.717) is 25.0 Å². The number of carbonyl (C=O) groups excluding carboxylic acids is 1. The lowest BCUT2D eigenvalue weighted by Gasteiger charge is -2.26. The normalized spacial score (nSPS) is 15.2. The molecule has 0 spiro atoms. The van der Waals surface area contributed by atoms with E-state index in [1.165, 1.54) is 0 Å². The van der Waals surface area contributed by atoms with Crippen LogP contribution in [0.2, 0.25) is 0 Å². The van der Waals surface area contributed by atoms with Gasteiger partial charge in [-0.1, -0.05) is 13.8 Å². The first kappa shape index (κ1) is 15.0. The number of hydrogen-bond donors (Lipinski definition) is 1. The van der Waals surface area contributed by atoms with Gasteiger partial charge in [0, 0.05) is 19.1 Å². The number of likely N-dealkylation sites (N-methyl/N-ethyl adjacent to an activating group) is 1. The van der Waals surface area contributed by atoms with Crippen molar-refractivity contribution in [2.24, 2.45) is 5.92 Å². The molecule has 1 aliphatic rings. The first-order chi connectivity index (χ1) is 8.40. The number of carboxylic acids is 1. The van der Waals surface area contributed by atoms with Crippen molar-refractivity contribution in [2.45, 2.75) is 39.2 Å². The number of rotatable bonds is 8. The van der Waals surface area contributed by atoms with Crippen molar-refractivity contribution in [1.29, 1.82) is 0 Å². The lowest BCUT2D eigenvalue weighted by Crippen LogP contribution is -2.42. The van der Waals surface area contributed by atoms with E-state index in [0.717, 1.165) is 19.4 Å². The summed E-state index contributed by atoms with van der Waals surface area (Å²) in [5, 5.41) is 8.60. The number of amides is 1. The predicted molar refractivity (Wildman–Crippen MR) is 69.3 cm³/mol. The fraction of sp³-hybridized carbons (Fsp3) is 0.846. The van der Waals surface area contributed by atoms with E-state index in [-0.39, 0.29) is 12.3 Å². The maximum Gasteiger partial charge on any atom is 0.304 e. The molecule has 1 rings (SSSR count). The molecule has 1 aliphatic carbocycles. The highest BCUT2D eigenvalue weighted by atomic mass is 16.4. The molecule has 5 heteroatoms. The summed E-state index contributed by atoms with van der Waals surface area (Å²) in [6.45, 7) is 5.75. The lowest BCUT2D eigenvalue weighted by atomic mass is 10.2. The van der Waals surface area contributed by atoms with Crippen LogP contribution < -0.4 is 0 Å². The summed E-state index contributed by atoms with van der Waals surface area (Å²) in [5.74, 6) is -0.228. The van der Waals surface area contributed by atoms with Crippen LogP contribution in [0.15, 0.2) is 0 Å². The van der Waals surface area contributed by atoms with Crippen molar-refractivity contribution >= 4 is 11.9 Å². The quantitative estimate of drug-likeness (QED) is 0.705. The number of carboxylic acid groups (broad SMARTS) is 1. The largest absolute Gasteiger partial charge is 0.481 e. The van der Waals surface area contributed by atoms with Gasteiger partial charge in [0.25, 0.3) is 0 Å². The molecule has 0 aromatic heterocycles. The Labute approximate surface area is 109 Å². The van der Waals surface area contributed by atoms with Gasteiger partial charge < -0.3 is 10.0 Å². The van der Waals surface area contributed by atoms with Gasteiger partial charge in [-0.15, -0.1) is 0 Å². The fourth-order valence-electron chi connectivity index (χ4n) is 1.92.